The SMILES string of the molecule is O=C(Nc1c[nH]c(=O)[nH]c1=O)c1ncn[nH]1. The quantitative estimate of drug-likeness (QED) is 0.486. The number of rotatable bonds is 2. The standard InChI is InChI=1S/C7H6N6O3/c14-5-3(1-8-7(16)12-5)11-6(15)4-9-2-10-13-4/h1-2H,(H,11,15)(H,9,10,13)(H2,8,12,14,16). The van der Waals surface area contributed by atoms with Crippen LogP contribution in [0.25, 0.3) is 0 Å². The lowest BCUT2D eigenvalue weighted by atomic mass is 10.4. The summed E-state index contributed by atoms with van der Waals surface area (Å²) in [7, 11) is 0. The number of amides is 1. The van der Waals surface area contributed by atoms with Gasteiger partial charge in [-0.05, 0) is 0 Å². The molecule has 0 saturated carbocycles. The first-order chi connectivity index (χ1) is 7.66. The van der Waals surface area contributed by atoms with Crippen molar-refractivity contribution in [3.8, 4) is 0 Å². The Morgan fingerprint density at radius 3 is 2.81 bits per heavy atom. The van der Waals surface area contributed by atoms with Gasteiger partial charge in [0, 0.05) is 6.20 Å². The number of nitrogens with one attached hydrogen (secondary N) is 4. The van der Waals surface area contributed by atoms with Gasteiger partial charge < -0.3 is 10.3 Å². The highest BCUT2D eigenvalue weighted by Gasteiger charge is 2.10. The smallest absolute Gasteiger partial charge is 0.313 e. The van der Waals surface area contributed by atoms with Crippen LogP contribution in [-0.2, 0) is 0 Å². The molecule has 4 N–H and O–H groups in total. The molecule has 0 aliphatic rings. The monoisotopic (exact) mass is 222 g/mol. The third kappa shape index (κ3) is 1.87. The normalized spacial score (nSPS) is 10.0. The number of carbonyl (C=O) groups excluding carboxylic acids is 1. The van der Waals surface area contributed by atoms with Gasteiger partial charge in [0.25, 0.3) is 11.5 Å². The minimum Gasteiger partial charge on any atom is -0.313 e. The van der Waals surface area contributed by atoms with Crippen molar-refractivity contribution in [2.75, 3.05) is 5.32 Å². The van der Waals surface area contributed by atoms with E-state index in [2.05, 4.69) is 25.5 Å². The molecule has 2 heterocycles. The van der Waals surface area contributed by atoms with Crippen LogP contribution in [0.15, 0.2) is 22.1 Å². The first kappa shape index (κ1) is 9.83. The average molecular weight is 222 g/mol. The summed E-state index contributed by atoms with van der Waals surface area (Å²) in [5, 5.41) is 8.06. The van der Waals surface area contributed by atoms with Gasteiger partial charge in [-0.3, -0.25) is 19.7 Å². The number of aromatic nitrogens is 5. The minimum atomic E-state index is -0.698. The lowest BCUT2D eigenvalue weighted by molar-refractivity contribution is 0.101. The van der Waals surface area contributed by atoms with E-state index in [4.69, 9.17) is 0 Å². The number of H-pyrrole nitrogens is 3. The van der Waals surface area contributed by atoms with Gasteiger partial charge >= 0.3 is 5.69 Å². The fraction of sp³-hybridized carbons (Fsp3) is 0. The van der Waals surface area contributed by atoms with Crippen LogP contribution in [-0.4, -0.2) is 31.1 Å². The largest absolute Gasteiger partial charge is 0.325 e. The predicted molar refractivity (Wildman–Crippen MR) is 52.0 cm³/mol. The maximum absolute atomic E-state index is 11.4. The zero-order valence-corrected chi connectivity index (χ0v) is 7.77. The number of carbonyl (C=O) groups is 1. The highest BCUT2D eigenvalue weighted by atomic mass is 16.2. The molecular formula is C7H6N6O3. The van der Waals surface area contributed by atoms with Crippen molar-refractivity contribution in [1.82, 2.24) is 25.1 Å². The van der Waals surface area contributed by atoms with Crippen LogP contribution in [0.1, 0.15) is 10.6 Å². The molecule has 1 amide bonds. The highest BCUT2D eigenvalue weighted by Crippen LogP contribution is 1.95. The summed E-state index contributed by atoms with van der Waals surface area (Å²) in [5.41, 5.74) is -1.43. The second-order valence-corrected chi connectivity index (χ2v) is 2.77. The van der Waals surface area contributed by atoms with E-state index in [-0.39, 0.29) is 11.5 Å². The average Bonchev–Trinajstić information content (AvgIpc) is 2.75. The van der Waals surface area contributed by atoms with Gasteiger partial charge in [-0.25, -0.2) is 9.78 Å². The number of hydrogen-bond acceptors (Lipinski definition) is 5. The first-order valence-electron chi connectivity index (χ1n) is 4.15. The first-order valence-corrected chi connectivity index (χ1v) is 4.15. The van der Waals surface area contributed by atoms with Crippen LogP contribution in [0.4, 0.5) is 5.69 Å². The third-order valence-corrected chi connectivity index (χ3v) is 1.70. The predicted octanol–water partition coefficient (Wildman–Crippen LogP) is -1.57. The molecule has 0 bridgehead atoms. The lowest BCUT2D eigenvalue weighted by Gasteiger charge is -1.99. The fourth-order valence-electron chi connectivity index (χ4n) is 0.999. The van der Waals surface area contributed by atoms with Gasteiger partial charge in [0.2, 0.25) is 5.82 Å². The Morgan fingerprint density at radius 2 is 2.19 bits per heavy atom. The van der Waals surface area contributed by atoms with Crippen LogP contribution in [0.2, 0.25) is 0 Å². The molecule has 0 spiro atoms. The molecule has 0 fully saturated rings. The Balaban J connectivity index is 2.25. The van der Waals surface area contributed by atoms with Crippen molar-refractivity contribution >= 4 is 11.6 Å². The Morgan fingerprint density at radius 1 is 1.38 bits per heavy atom. The molecule has 9 nitrogen and oxygen atoms in total. The maximum Gasteiger partial charge on any atom is 0.325 e. The van der Waals surface area contributed by atoms with Crippen LogP contribution in [0.5, 0.6) is 0 Å². The Hall–Kier alpha value is -2.71. The van der Waals surface area contributed by atoms with E-state index in [1.54, 1.807) is 0 Å². The van der Waals surface area contributed by atoms with Gasteiger partial charge in [-0.15, -0.1) is 0 Å². The van der Waals surface area contributed by atoms with Gasteiger partial charge in [0.05, 0.1) is 0 Å². The molecule has 0 atom stereocenters. The summed E-state index contributed by atoms with van der Waals surface area (Å²) in [5.74, 6) is -0.666. The Bertz CT molecular complexity index is 610. The molecule has 0 aliphatic heterocycles. The summed E-state index contributed by atoms with van der Waals surface area (Å²) in [6.07, 6.45) is 2.25. The zero-order chi connectivity index (χ0) is 11.5. The van der Waals surface area contributed by atoms with Crippen LogP contribution >= 0.6 is 0 Å². The molecule has 2 aromatic heterocycles. The number of anilines is 1. The minimum absolute atomic E-state index is 0.0365. The summed E-state index contributed by atoms with van der Waals surface area (Å²) in [4.78, 5) is 41.1. The summed E-state index contributed by atoms with van der Waals surface area (Å²) in [6.45, 7) is 0. The molecule has 82 valence electrons. The molecule has 0 saturated heterocycles. The van der Waals surface area contributed by atoms with Gasteiger partial charge in [0.15, 0.2) is 0 Å². The highest BCUT2D eigenvalue weighted by molar-refractivity contribution is 6.01. The van der Waals surface area contributed by atoms with Crippen molar-refractivity contribution in [3.05, 3.63) is 39.2 Å². The summed E-state index contributed by atoms with van der Waals surface area (Å²) < 4.78 is 0. The molecule has 9 heteroatoms. The molecule has 0 aromatic carbocycles. The van der Waals surface area contributed by atoms with E-state index in [1.807, 2.05) is 4.98 Å². The number of nitrogens with zero attached hydrogens (tertiary/aromatic N) is 2. The van der Waals surface area contributed by atoms with E-state index in [1.165, 1.54) is 0 Å². The molecule has 16 heavy (non-hydrogen) atoms. The molecule has 0 unspecified atom stereocenters. The van der Waals surface area contributed by atoms with Crippen molar-refractivity contribution < 1.29 is 4.79 Å². The van der Waals surface area contributed by atoms with Crippen LogP contribution in [0, 0.1) is 0 Å². The van der Waals surface area contributed by atoms with Crippen molar-refractivity contribution in [2.24, 2.45) is 0 Å². The molecule has 2 rings (SSSR count). The van der Waals surface area contributed by atoms with Crippen molar-refractivity contribution in [2.45, 2.75) is 0 Å². The van der Waals surface area contributed by atoms with Crippen LogP contribution in [0.3, 0.4) is 0 Å². The van der Waals surface area contributed by atoms with E-state index in [0.717, 1.165) is 12.5 Å². The van der Waals surface area contributed by atoms with Crippen LogP contribution < -0.4 is 16.6 Å². The lowest BCUT2D eigenvalue weighted by Crippen LogP contribution is -2.26. The van der Waals surface area contributed by atoms with Gasteiger partial charge in [-0.1, -0.05) is 0 Å². The number of aromatic amines is 3. The third-order valence-electron chi connectivity index (χ3n) is 1.70. The fourth-order valence-corrected chi connectivity index (χ4v) is 0.999. The van der Waals surface area contributed by atoms with E-state index >= 15 is 0 Å². The van der Waals surface area contributed by atoms with Gasteiger partial charge in [-0.2, -0.15) is 5.10 Å². The van der Waals surface area contributed by atoms with E-state index < -0.39 is 17.2 Å². The molecule has 2 aromatic rings. The zero-order valence-electron chi connectivity index (χ0n) is 7.77. The Kier molecular flexibility index (Phi) is 2.34. The molecule has 0 aliphatic carbocycles. The topological polar surface area (TPSA) is 136 Å². The van der Waals surface area contributed by atoms with Gasteiger partial charge in [0.1, 0.15) is 12.0 Å². The Labute approximate surface area is 86.9 Å². The maximum atomic E-state index is 11.4. The van der Waals surface area contributed by atoms with Crippen molar-refractivity contribution in [3.63, 3.8) is 0 Å². The number of hydrogen-bond donors (Lipinski definition) is 4. The molecular weight excluding hydrogens is 216 g/mol. The van der Waals surface area contributed by atoms with Crippen molar-refractivity contribution in [1.29, 1.82) is 0 Å². The summed E-state index contributed by atoms with van der Waals surface area (Å²) in [6, 6.07) is 0. The van der Waals surface area contributed by atoms with E-state index in [9.17, 15) is 14.4 Å². The second kappa shape index (κ2) is 3.81. The summed E-state index contributed by atoms with van der Waals surface area (Å²) >= 11 is 0. The van der Waals surface area contributed by atoms with E-state index in [0.29, 0.717) is 0 Å². The molecule has 0 radical (unpaired) electrons. The second-order valence-electron chi connectivity index (χ2n) is 2.77.